The van der Waals surface area contributed by atoms with Crippen molar-refractivity contribution in [2.24, 2.45) is 0 Å². The van der Waals surface area contributed by atoms with E-state index in [-0.39, 0.29) is 30.3 Å². The lowest BCUT2D eigenvalue weighted by atomic mass is 10.2. The molecule has 0 spiro atoms. The molecule has 2 unspecified atom stereocenters. The zero-order valence-corrected chi connectivity index (χ0v) is 12.2. The molecule has 1 aliphatic heterocycles. The summed E-state index contributed by atoms with van der Waals surface area (Å²) in [4.78, 5) is 20.9. The summed E-state index contributed by atoms with van der Waals surface area (Å²) < 4.78 is 5.55. The third-order valence-corrected chi connectivity index (χ3v) is 3.28. The lowest BCUT2D eigenvalue weighted by molar-refractivity contribution is -0.385. The summed E-state index contributed by atoms with van der Waals surface area (Å²) in [6.45, 7) is 4.11. The van der Waals surface area contributed by atoms with Crippen molar-refractivity contribution in [2.45, 2.75) is 26.1 Å². The van der Waals surface area contributed by atoms with Crippen LogP contribution in [0.5, 0.6) is 0 Å². The van der Waals surface area contributed by atoms with Gasteiger partial charge in [0.1, 0.15) is 5.69 Å². The number of anilines is 2. The number of hydrogen-bond acceptors (Lipinski definition) is 8. The molecule has 1 aromatic heterocycles. The highest BCUT2D eigenvalue weighted by Gasteiger charge is 2.32. The van der Waals surface area contributed by atoms with Crippen LogP contribution in [0.3, 0.4) is 0 Å². The minimum absolute atomic E-state index is 0.111. The van der Waals surface area contributed by atoms with Gasteiger partial charge < -0.3 is 20.1 Å². The fourth-order valence-electron chi connectivity index (χ4n) is 2.42. The molecule has 0 amide bonds. The van der Waals surface area contributed by atoms with Crippen LogP contribution in [-0.2, 0) is 4.74 Å². The molecule has 1 fully saturated rings. The van der Waals surface area contributed by atoms with Crippen molar-refractivity contribution in [1.29, 1.82) is 0 Å². The highest BCUT2D eigenvalue weighted by molar-refractivity contribution is 5.62. The van der Waals surface area contributed by atoms with Gasteiger partial charge in [0.15, 0.2) is 0 Å². The van der Waals surface area contributed by atoms with Gasteiger partial charge in [0, 0.05) is 20.1 Å². The van der Waals surface area contributed by atoms with Gasteiger partial charge in [-0.3, -0.25) is 10.1 Å². The highest BCUT2D eigenvalue weighted by atomic mass is 16.6. The number of aliphatic hydroxyl groups is 1. The third kappa shape index (κ3) is 3.19. The van der Waals surface area contributed by atoms with E-state index < -0.39 is 4.92 Å². The molecule has 2 atom stereocenters. The van der Waals surface area contributed by atoms with Gasteiger partial charge in [-0.15, -0.1) is 0 Å². The summed E-state index contributed by atoms with van der Waals surface area (Å²) in [5, 5.41) is 23.4. The van der Waals surface area contributed by atoms with Gasteiger partial charge in [0.25, 0.3) is 0 Å². The van der Waals surface area contributed by atoms with Gasteiger partial charge in [0.05, 0.1) is 23.7 Å². The average molecular weight is 297 g/mol. The molecule has 116 valence electrons. The number of nitrogens with one attached hydrogen (secondary N) is 1. The normalized spacial score (nSPS) is 22.2. The Balaban J connectivity index is 2.45. The molecule has 2 N–H and O–H groups in total. The molecule has 1 saturated heterocycles. The van der Waals surface area contributed by atoms with E-state index in [1.807, 2.05) is 6.92 Å². The van der Waals surface area contributed by atoms with Crippen LogP contribution < -0.4 is 10.2 Å². The van der Waals surface area contributed by atoms with Crippen molar-refractivity contribution in [3.63, 3.8) is 0 Å². The Labute approximate surface area is 122 Å². The maximum atomic E-state index is 11.3. The highest BCUT2D eigenvalue weighted by Crippen LogP contribution is 2.31. The Bertz CT molecular complexity index is 539. The largest absolute Gasteiger partial charge is 0.394 e. The molecular weight excluding hydrogens is 278 g/mol. The Kier molecular flexibility index (Phi) is 4.53. The van der Waals surface area contributed by atoms with E-state index in [0.717, 1.165) is 0 Å². The minimum Gasteiger partial charge on any atom is -0.394 e. The topological polar surface area (TPSA) is 114 Å². The Morgan fingerprint density at radius 1 is 1.52 bits per heavy atom. The first kappa shape index (κ1) is 15.4. The number of aromatic nitrogens is 2. The van der Waals surface area contributed by atoms with Crippen LogP contribution in [0.15, 0.2) is 0 Å². The van der Waals surface area contributed by atoms with E-state index in [4.69, 9.17) is 4.74 Å². The summed E-state index contributed by atoms with van der Waals surface area (Å²) >= 11 is 0. The number of nitrogens with zero attached hydrogens (tertiary/aromatic N) is 4. The smallest absolute Gasteiger partial charge is 0.332 e. The van der Waals surface area contributed by atoms with Crippen LogP contribution in [0, 0.1) is 17.0 Å². The Hall–Kier alpha value is -2.00. The number of morpholine rings is 1. The number of aryl methyl sites for hydroxylation is 1. The van der Waals surface area contributed by atoms with E-state index in [9.17, 15) is 15.2 Å². The van der Waals surface area contributed by atoms with Crippen molar-refractivity contribution in [3.8, 4) is 0 Å². The maximum absolute atomic E-state index is 11.3. The second-order valence-corrected chi connectivity index (χ2v) is 4.97. The lowest BCUT2D eigenvalue weighted by Gasteiger charge is -2.36. The zero-order valence-electron chi connectivity index (χ0n) is 12.2. The van der Waals surface area contributed by atoms with Crippen LogP contribution in [0.25, 0.3) is 0 Å². The molecule has 0 aromatic carbocycles. The quantitative estimate of drug-likeness (QED) is 0.603. The Morgan fingerprint density at radius 3 is 2.81 bits per heavy atom. The SMILES string of the molecule is CNc1nc(C)c([N+](=O)[O-])c(N2CC(C)OC(CO)C2)n1. The third-order valence-electron chi connectivity index (χ3n) is 3.28. The van der Waals surface area contributed by atoms with Crippen molar-refractivity contribution in [3.05, 3.63) is 15.8 Å². The summed E-state index contributed by atoms with van der Waals surface area (Å²) in [6, 6.07) is 0. The molecule has 9 heteroatoms. The molecule has 1 aliphatic rings. The molecule has 0 radical (unpaired) electrons. The van der Waals surface area contributed by atoms with Gasteiger partial charge in [-0.05, 0) is 13.8 Å². The molecule has 2 rings (SSSR count). The van der Waals surface area contributed by atoms with Gasteiger partial charge in [-0.2, -0.15) is 4.98 Å². The summed E-state index contributed by atoms with van der Waals surface area (Å²) in [5.41, 5.74) is 0.189. The fourth-order valence-corrected chi connectivity index (χ4v) is 2.42. The van der Waals surface area contributed by atoms with E-state index in [1.165, 1.54) is 0 Å². The fraction of sp³-hybridized carbons (Fsp3) is 0.667. The van der Waals surface area contributed by atoms with E-state index in [2.05, 4.69) is 15.3 Å². The summed E-state index contributed by atoms with van der Waals surface area (Å²) in [5.74, 6) is 0.582. The number of ether oxygens (including phenoxy) is 1. The molecule has 1 aromatic rings. The molecule has 0 saturated carbocycles. The molecular formula is C12H19N5O4. The van der Waals surface area contributed by atoms with Gasteiger partial charge in [0.2, 0.25) is 11.8 Å². The summed E-state index contributed by atoms with van der Waals surface area (Å²) in [7, 11) is 1.66. The van der Waals surface area contributed by atoms with Crippen molar-refractivity contribution < 1.29 is 14.8 Å². The van der Waals surface area contributed by atoms with Gasteiger partial charge >= 0.3 is 5.69 Å². The minimum atomic E-state index is -0.474. The van der Waals surface area contributed by atoms with Gasteiger partial charge in [-0.25, -0.2) is 4.98 Å². The second-order valence-electron chi connectivity index (χ2n) is 4.97. The zero-order chi connectivity index (χ0) is 15.6. The van der Waals surface area contributed by atoms with Crippen molar-refractivity contribution in [2.75, 3.05) is 37.0 Å². The van der Waals surface area contributed by atoms with Crippen LogP contribution in [0.2, 0.25) is 0 Å². The van der Waals surface area contributed by atoms with Gasteiger partial charge in [-0.1, -0.05) is 0 Å². The van der Waals surface area contributed by atoms with E-state index in [1.54, 1.807) is 18.9 Å². The average Bonchev–Trinajstić information content (AvgIpc) is 2.45. The second kappa shape index (κ2) is 6.19. The van der Waals surface area contributed by atoms with Crippen molar-refractivity contribution in [1.82, 2.24) is 9.97 Å². The number of rotatable bonds is 4. The maximum Gasteiger partial charge on any atom is 0.332 e. The monoisotopic (exact) mass is 297 g/mol. The molecule has 0 aliphatic carbocycles. The van der Waals surface area contributed by atoms with Crippen LogP contribution in [0.4, 0.5) is 17.5 Å². The predicted octanol–water partition coefficient (Wildman–Crippen LogP) is 0.321. The molecule has 9 nitrogen and oxygen atoms in total. The lowest BCUT2D eigenvalue weighted by Crippen LogP contribution is -2.48. The standard InChI is InChI=1S/C12H19N5O4/c1-7-4-16(5-9(6-18)21-7)11-10(17(19)20)8(2)14-12(13-3)15-11/h7,9,18H,4-6H2,1-3H3,(H,13,14,15). The van der Waals surface area contributed by atoms with Crippen molar-refractivity contribution >= 4 is 17.5 Å². The number of hydrogen-bond donors (Lipinski definition) is 2. The Morgan fingerprint density at radius 2 is 2.24 bits per heavy atom. The first-order valence-electron chi connectivity index (χ1n) is 6.68. The van der Waals surface area contributed by atoms with Crippen LogP contribution >= 0.6 is 0 Å². The summed E-state index contributed by atoms with van der Waals surface area (Å²) in [6.07, 6.45) is -0.537. The molecule has 21 heavy (non-hydrogen) atoms. The number of nitro groups is 1. The molecule has 2 heterocycles. The molecule has 0 bridgehead atoms. The first-order chi connectivity index (χ1) is 9.96. The van der Waals surface area contributed by atoms with E-state index in [0.29, 0.717) is 24.7 Å². The predicted molar refractivity (Wildman–Crippen MR) is 76.6 cm³/mol. The van der Waals surface area contributed by atoms with E-state index >= 15 is 0 Å². The number of aliphatic hydroxyl groups excluding tert-OH is 1. The van der Waals surface area contributed by atoms with Crippen LogP contribution in [-0.4, -0.2) is 58.9 Å². The van der Waals surface area contributed by atoms with Crippen LogP contribution in [0.1, 0.15) is 12.6 Å². The first-order valence-corrected chi connectivity index (χ1v) is 6.68.